The first kappa shape index (κ1) is 8.51. The van der Waals surface area contributed by atoms with E-state index in [4.69, 9.17) is 5.73 Å². The van der Waals surface area contributed by atoms with Crippen molar-refractivity contribution in [3.8, 4) is 0 Å². The maximum absolute atomic E-state index is 5.64. The maximum Gasteiger partial charge on any atom is 0.123 e. The molecule has 0 saturated carbocycles. The molecule has 13 heavy (non-hydrogen) atoms. The number of pyridine rings is 1. The van der Waals surface area contributed by atoms with Crippen LogP contribution in [0.15, 0.2) is 18.2 Å². The molecule has 2 rings (SSSR count). The van der Waals surface area contributed by atoms with E-state index in [-0.39, 0.29) is 0 Å². The highest BCUT2D eigenvalue weighted by atomic mass is 14.9. The molecule has 1 aromatic rings. The van der Waals surface area contributed by atoms with Crippen molar-refractivity contribution in [1.29, 1.82) is 0 Å². The standard InChI is InChI=1S/C10H15N3/c11-10-3-1-2-9(13-10)8-4-6-12-7-5-8/h1-3,8,12H,4-7H2,(H2,11,13). The number of nitrogens with one attached hydrogen (secondary N) is 1. The van der Waals surface area contributed by atoms with Crippen molar-refractivity contribution in [3.05, 3.63) is 23.9 Å². The van der Waals surface area contributed by atoms with Crippen LogP contribution >= 0.6 is 0 Å². The van der Waals surface area contributed by atoms with Gasteiger partial charge in [0, 0.05) is 11.6 Å². The molecule has 0 radical (unpaired) electrons. The molecule has 70 valence electrons. The largest absolute Gasteiger partial charge is 0.384 e. The number of anilines is 1. The van der Waals surface area contributed by atoms with E-state index in [0.717, 1.165) is 18.8 Å². The van der Waals surface area contributed by atoms with Gasteiger partial charge in [-0.2, -0.15) is 0 Å². The van der Waals surface area contributed by atoms with E-state index >= 15 is 0 Å². The molecule has 1 saturated heterocycles. The van der Waals surface area contributed by atoms with Gasteiger partial charge in [0.1, 0.15) is 5.82 Å². The fourth-order valence-electron chi connectivity index (χ4n) is 1.81. The Labute approximate surface area is 78.4 Å². The number of hydrogen-bond donors (Lipinski definition) is 2. The Morgan fingerprint density at radius 2 is 2.08 bits per heavy atom. The zero-order valence-corrected chi connectivity index (χ0v) is 7.66. The lowest BCUT2D eigenvalue weighted by Crippen LogP contribution is -2.27. The summed E-state index contributed by atoms with van der Waals surface area (Å²) >= 11 is 0. The molecule has 1 aromatic heterocycles. The summed E-state index contributed by atoms with van der Waals surface area (Å²) < 4.78 is 0. The monoisotopic (exact) mass is 177 g/mol. The zero-order chi connectivity index (χ0) is 9.10. The Hall–Kier alpha value is -1.09. The first-order valence-corrected chi connectivity index (χ1v) is 4.79. The van der Waals surface area contributed by atoms with E-state index in [1.807, 2.05) is 12.1 Å². The fourth-order valence-corrected chi connectivity index (χ4v) is 1.81. The molecular formula is C10H15N3. The third-order valence-electron chi connectivity index (χ3n) is 2.55. The van der Waals surface area contributed by atoms with E-state index in [0.29, 0.717) is 11.7 Å². The summed E-state index contributed by atoms with van der Waals surface area (Å²) in [7, 11) is 0. The smallest absolute Gasteiger partial charge is 0.123 e. The van der Waals surface area contributed by atoms with E-state index in [2.05, 4.69) is 16.4 Å². The molecular weight excluding hydrogens is 162 g/mol. The van der Waals surface area contributed by atoms with Crippen LogP contribution in [-0.4, -0.2) is 18.1 Å². The third-order valence-corrected chi connectivity index (χ3v) is 2.55. The van der Waals surface area contributed by atoms with Crippen LogP contribution < -0.4 is 11.1 Å². The molecule has 1 aliphatic heterocycles. The second-order valence-corrected chi connectivity index (χ2v) is 3.51. The van der Waals surface area contributed by atoms with Gasteiger partial charge in [-0.05, 0) is 38.1 Å². The summed E-state index contributed by atoms with van der Waals surface area (Å²) in [5.74, 6) is 1.24. The van der Waals surface area contributed by atoms with Crippen LogP contribution in [0.3, 0.4) is 0 Å². The summed E-state index contributed by atoms with van der Waals surface area (Å²) in [6.45, 7) is 2.20. The van der Waals surface area contributed by atoms with Crippen LogP contribution in [0.4, 0.5) is 5.82 Å². The minimum atomic E-state index is 0.602. The number of aromatic nitrogens is 1. The van der Waals surface area contributed by atoms with Crippen LogP contribution in [0, 0.1) is 0 Å². The Morgan fingerprint density at radius 3 is 2.77 bits per heavy atom. The lowest BCUT2D eigenvalue weighted by atomic mass is 9.94. The van der Waals surface area contributed by atoms with Gasteiger partial charge in [-0.25, -0.2) is 4.98 Å². The maximum atomic E-state index is 5.64. The Kier molecular flexibility index (Phi) is 2.45. The highest BCUT2D eigenvalue weighted by molar-refractivity contribution is 5.30. The Morgan fingerprint density at radius 1 is 1.31 bits per heavy atom. The summed E-state index contributed by atoms with van der Waals surface area (Å²) in [5, 5.41) is 3.34. The van der Waals surface area contributed by atoms with Crippen molar-refractivity contribution in [2.75, 3.05) is 18.8 Å². The third kappa shape index (κ3) is 1.98. The van der Waals surface area contributed by atoms with Gasteiger partial charge in [0.15, 0.2) is 0 Å². The van der Waals surface area contributed by atoms with E-state index in [1.165, 1.54) is 12.8 Å². The molecule has 1 fully saturated rings. The van der Waals surface area contributed by atoms with E-state index in [1.54, 1.807) is 0 Å². The number of rotatable bonds is 1. The molecule has 3 nitrogen and oxygen atoms in total. The van der Waals surface area contributed by atoms with Crippen molar-refractivity contribution in [2.45, 2.75) is 18.8 Å². The predicted molar refractivity (Wildman–Crippen MR) is 53.5 cm³/mol. The van der Waals surface area contributed by atoms with Crippen LogP contribution in [0.5, 0.6) is 0 Å². The van der Waals surface area contributed by atoms with Crippen LogP contribution in [-0.2, 0) is 0 Å². The average Bonchev–Trinajstić information content (AvgIpc) is 2.19. The van der Waals surface area contributed by atoms with Gasteiger partial charge in [0.25, 0.3) is 0 Å². The quantitative estimate of drug-likeness (QED) is 0.676. The van der Waals surface area contributed by atoms with Gasteiger partial charge >= 0.3 is 0 Å². The molecule has 3 heteroatoms. The van der Waals surface area contributed by atoms with Gasteiger partial charge < -0.3 is 11.1 Å². The number of nitrogens with zero attached hydrogens (tertiary/aromatic N) is 1. The molecule has 0 amide bonds. The van der Waals surface area contributed by atoms with Crippen LogP contribution in [0.1, 0.15) is 24.5 Å². The van der Waals surface area contributed by atoms with Crippen LogP contribution in [0.25, 0.3) is 0 Å². The van der Waals surface area contributed by atoms with Gasteiger partial charge in [-0.1, -0.05) is 6.07 Å². The van der Waals surface area contributed by atoms with Gasteiger partial charge in [-0.15, -0.1) is 0 Å². The van der Waals surface area contributed by atoms with Crippen molar-refractivity contribution < 1.29 is 0 Å². The summed E-state index contributed by atoms with van der Waals surface area (Å²) in [5.41, 5.74) is 6.79. The molecule has 0 unspecified atom stereocenters. The van der Waals surface area contributed by atoms with E-state index < -0.39 is 0 Å². The van der Waals surface area contributed by atoms with E-state index in [9.17, 15) is 0 Å². The molecule has 0 bridgehead atoms. The van der Waals surface area contributed by atoms with Crippen molar-refractivity contribution >= 4 is 5.82 Å². The summed E-state index contributed by atoms with van der Waals surface area (Å²) in [4.78, 5) is 4.35. The second-order valence-electron chi connectivity index (χ2n) is 3.51. The van der Waals surface area contributed by atoms with Gasteiger partial charge in [0.2, 0.25) is 0 Å². The summed E-state index contributed by atoms with van der Waals surface area (Å²) in [6, 6.07) is 5.90. The molecule has 0 aliphatic carbocycles. The molecule has 0 spiro atoms. The molecule has 0 aromatic carbocycles. The lowest BCUT2D eigenvalue weighted by molar-refractivity contribution is 0.453. The molecule has 3 N–H and O–H groups in total. The number of hydrogen-bond acceptors (Lipinski definition) is 3. The molecule has 2 heterocycles. The average molecular weight is 177 g/mol. The first-order valence-electron chi connectivity index (χ1n) is 4.79. The predicted octanol–water partition coefficient (Wildman–Crippen LogP) is 1.13. The Bertz CT molecular complexity index is 279. The van der Waals surface area contributed by atoms with Crippen molar-refractivity contribution in [3.63, 3.8) is 0 Å². The highest BCUT2D eigenvalue weighted by Gasteiger charge is 2.15. The second kappa shape index (κ2) is 3.75. The highest BCUT2D eigenvalue weighted by Crippen LogP contribution is 2.23. The lowest BCUT2D eigenvalue weighted by Gasteiger charge is -2.22. The fraction of sp³-hybridized carbons (Fsp3) is 0.500. The molecule has 1 aliphatic rings. The minimum Gasteiger partial charge on any atom is -0.384 e. The van der Waals surface area contributed by atoms with Crippen molar-refractivity contribution in [2.24, 2.45) is 0 Å². The number of nitrogen functional groups attached to an aromatic ring is 1. The first-order chi connectivity index (χ1) is 6.36. The topological polar surface area (TPSA) is 50.9 Å². The SMILES string of the molecule is Nc1cccc(C2CCNCC2)n1. The zero-order valence-electron chi connectivity index (χ0n) is 7.66. The number of piperidine rings is 1. The minimum absolute atomic E-state index is 0.602. The number of nitrogens with two attached hydrogens (primary N) is 1. The normalized spacial score (nSPS) is 18.8. The van der Waals surface area contributed by atoms with Crippen LogP contribution in [0.2, 0.25) is 0 Å². The Balaban J connectivity index is 2.14. The van der Waals surface area contributed by atoms with Gasteiger partial charge in [0.05, 0.1) is 0 Å². The van der Waals surface area contributed by atoms with Crippen molar-refractivity contribution in [1.82, 2.24) is 10.3 Å². The molecule has 0 atom stereocenters. The van der Waals surface area contributed by atoms with Gasteiger partial charge in [-0.3, -0.25) is 0 Å². The summed E-state index contributed by atoms with van der Waals surface area (Å²) in [6.07, 6.45) is 2.35.